The van der Waals surface area contributed by atoms with Gasteiger partial charge in [0.1, 0.15) is 23.3 Å². The molecule has 28 heavy (non-hydrogen) atoms. The van der Waals surface area contributed by atoms with Crippen LogP contribution in [0.15, 0.2) is 79.1 Å². The number of fused-ring (bicyclic) bond motifs is 2. The molecule has 0 spiro atoms. The van der Waals surface area contributed by atoms with Crippen LogP contribution in [0.4, 0.5) is 23.3 Å². The molecule has 0 aliphatic rings. The molecule has 0 bridgehead atoms. The van der Waals surface area contributed by atoms with E-state index in [2.05, 4.69) is 35.6 Å². The van der Waals surface area contributed by atoms with E-state index >= 15 is 0 Å². The third kappa shape index (κ3) is 3.28. The molecular formula is C21H15N7. The number of nitrogens with one attached hydrogen (secondary N) is 2. The first kappa shape index (κ1) is 16.1. The Kier molecular flexibility index (Phi) is 3.95. The average Bonchev–Trinajstić information content (AvgIpc) is 2.74. The SMILES string of the molecule is c1cc(Nc2ccc3cccnc3n2)nc(Nc2ccc3cccnc3n2)c1. The van der Waals surface area contributed by atoms with Gasteiger partial charge < -0.3 is 10.6 Å². The fourth-order valence-electron chi connectivity index (χ4n) is 2.88. The van der Waals surface area contributed by atoms with E-state index in [1.54, 1.807) is 12.4 Å². The van der Waals surface area contributed by atoms with Crippen LogP contribution in [0.3, 0.4) is 0 Å². The van der Waals surface area contributed by atoms with Crippen LogP contribution in [0.5, 0.6) is 0 Å². The van der Waals surface area contributed by atoms with Crippen molar-refractivity contribution in [2.45, 2.75) is 0 Å². The molecule has 7 heteroatoms. The van der Waals surface area contributed by atoms with Gasteiger partial charge in [0, 0.05) is 23.2 Å². The van der Waals surface area contributed by atoms with Crippen LogP contribution in [0.25, 0.3) is 22.1 Å². The zero-order chi connectivity index (χ0) is 18.8. The van der Waals surface area contributed by atoms with Crippen molar-refractivity contribution in [2.24, 2.45) is 0 Å². The second-order valence-electron chi connectivity index (χ2n) is 6.15. The predicted molar refractivity (Wildman–Crippen MR) is 110 cm³/mol. The highest BCUT2D eigenvalue weighted by atomic mass is 15.1. The standard InChI is InChI=1S/C21H15N7/c1-6-16(25-18-10-8-14-4-2-12-22-20(14)27-18)24-17(7-1)26-19-11-9-15-5-3-13-23-21(15)28-19/h1-13H,(H2,22,23,24,25,26,27,28). The maximum atomic E-state index is 4.58. The summed E-state index contributed by atoms with van der Waals surface area (Å²) >= 11 is 0. The Bertz CT molecular complexity index is 1190. The van der Waals surface area contributed by atoms with Crippen LogP contribution in [-0.4, -0.2) is 24.9 Å². The van der Waals surface area contributed by atoms with Crippen molar-refractivity contribution in [2.75, 3.05) is 10.6 Å². The second-order valence-corrected chi connectivity index (χ2v) is 6.15. The van der Waals surface area contributed by atoms with Crippen molar-refractivity contribution in [1.82, 2.24) is 24.9 Å². The smallest absolute Gasteiger partial charge is 0.161 e. The van der Waals surface area contributed by atoms with Gasteiger partial charge in [-0.15, -0.1) is 0 Å². The minimum atomic E-state index is 0.673. The first-order valence-electron chi connectivity index (χ1n) is 8.78. The highest BCUT2D eigenvalue weighted by Gasteiger charge is 2.04. The van der Waals surface area contributed by atoms with Gasteiger partial charge in [-0.1, -0.05) is 6.07 Å². The minimum Gasteiger partial charge on any atom is -0.325 e. The van der Waals surface area contributed by atoms with Crippen molar-refractivity contribution < 1.29 is 0 Å². The van der Waals surface area contributed by atoms with Gasteiger partial charge in [0.05, 0.1) is 0 Å². The molecule has 0 saturated heterocycles. The summed E-state index contributed by atoms with van der Waals surface area (Å²) in [5, 5.41) is 8.42. The van der Waals surface area contributed by atoms with Gasteiger partial charge in [-0.3, -0.25) is 0 Å². The molecule has 0 saturated carbocycles. The molecule has 5 aromatic heterocycles. The van der Waals surface area contributed by atoms with Crippen LogP contribution >= 0.6 is 0 Å². The van der Waals surface area contributed by atoms with Crippen molar-refractivity contribution in [1.29, 1.82) is 0 Å². The van der Waals surface area contributed by atoms with E-state index < -0.39 is 0 Å². The van der Waals surface area contributed by atoms with Crippen LogP contribution in [0, 0.1) is 0 Å². The summed E-state index contributed by atoms with van der Waals surface area (Å²) in [6, 6.07) is 21.2. The van der Waals surface area contributed by atoms with Crippen molar-refractivity contribution in [3.8, 4) is 0 Å². The first-order valence-corrected chi connectivity index (χ1v) is 8.78. The van der Waals surface area contributed by atoms with Gasteiger partial charge >= 0.3 is 0 Å². The summed E-state index contributed by atoms with van der Waals surface area (Å²) in [7, 11) is 0. The molecule has 0 aromatic carbocycles. The van der Waals surface area contributed by atoms with Gasteiger partial charge in [0.25, 0.3) is 0 Å². The molecular weight excluding hydrogens is 350 g/mol. The van der Waals surface area contributed by atoms with Crippen molar-refractivity contribution in [3.63, 3.8) is 0 Å². The fraction of sp³-hybridized carbons (Fsp3) is 0. The number of rotatable bonds is 4. The van der Waals surface area contributed by atoms with Gasteiger partial charge in [-0.05, 0) is 60.7 Å². The maximum Gasteiger partial charge on any atom is 0.161 e. The molecule has 0 aliphatic carbocycles. The molecule has 0 amide bonds. The largest absolute Gasteiger partial charge is 0.325 e. The van der Waals surface area contributed by atoms with Gasteiger partial charge in [0.15, 0.2) is 11.3 Å². The molecule has 5 rings (SSSR count). The van der Waals surface area contributed by atoms with E-state index in [0.29, 0.717) is 34.6 Å². The lowest BCUT2D eigenvalue weighted by molar-refractivity contribution is 1.23. The van der Waals surface area contributed by atoms with E-state index in [4.69, 9.17) is 0 Å². The van der Waals surface area contributed by atoms with E-state index in [1.165, 1.54) is 0 Å². The number of pyridine rings is 5. The molecule has 5 aromatic rings. The first-order chi connectivity index (χ1) is 13.8. The topological polar surface area (TPSA) is 88.5 Å². The number of anilines is 4. The Morgan fingerprint density at radius 1 is 0.464 bits per heavy atom. The minimum absolute atomic E-state index is 0.673. The van der Waals surface area contributed by atoms with Crippen LogP contribution < -0.4 is 10.6 Å². The van der Waals surface area contributed by atoms with E-state index in [-0.39, 0.29) is 0 Å². The summed E-state index contributed by atoms with van der Waals surface area (Å²) in [5.41, 5.74) is 1.38. The molecule has 0 atom stereocenters. The lowest BCUT2D eigenvalue weighted by Crippen LogP contribution is -2.00. The Hall–Kier alpha value is -4.13. The Morgan fingerprint density at radius 2 is 0.964 bits per heavy atom. The normalized spacial score (nSPS) is 10.9. The quantitative estimate of drug-likeness (QED) is 0.486. The maximum absolute atomic E-state index is 4.58. The summed E-state index contributed by atoms with van der Waals surface area (Å²) in [5.74, 6) is 2.71. The molecule has 2 N–H and O–H groups in total. The van der Waals surface area contributed by atoms with Crippen LogP contribution in [0.1, 0.15) is 0 Å². The highest BCUT2D eigenvalue weighted by molar-refractivity contribution is 5.78. The van der Waals surface area contributed by atoms with Gasteiger partial charge in [-0.2, -0.15) is 0 Å². The molecule has 0 aliphatic heterocycles. The molecule has 0 unspecified atom stereocenters. The average molecular weight is 365 g/mol. The summed E-state index contributed by atoms with van der Waals surface area (Å²) in [6.45, 7) is 0. The predicted octanol–water partition coefficient (Wildman–Crippen LogP) is 4.46. The zero-order valence-electron chi connectivity index (χ0n) is 14.7. The number of aromatic nitrogens is 5. The Morgan fingerprint density at radius 3 is 1.50 bits per heavy atom. The van der Waals surface area contributed by atoms with Crippen molar-refractivity contribution in [3.05, 3.63) is 79.1 Å². The third-order valence-electron chi connectivity index (χ3n) is 4.19. The monoisotopic (exact) mass is 365 g/mol. The lowest BCUT2D eigenvalue weighted by Gasteiger charge is -2.09. The third-order valence-corrected chi connectivity index (χ3v) is 4.19. The molecule has 0 radical (unpaired) electrons. The molecule has 5 heterocycles. The Balaban J connectivity index is 1.39. The van der Waals surface area contributed by atoms with Crippen molar-refractivity contribution >= 4 is 45.3 Å². The second kappa shape index (κ2) is 6.88. The number of nitrogens with zero attached hydrogens (tertiary/aromatic N) is 5. The number of hydrogen-bond donors (Lipinski definition) is 2. The molecule has 7 nitrogen and oxygen atoms in total. The number of hydrogen-bond acceptors (Lipinski definition) is 7. The van der Waals surface area contributed by atoms with E-state index in [9.17, 15) is 0 Å². The molecule has 134 valence electrons. The summed E-state index contributed by atoms with van der Waals surface area (Å²) in [6.07, 6.45) is 3.46. The summed E-state index contributed by atoms with van der Waals surface area (Å²) in [4.78, 5) is 22.2. The van der Waals surface area contributed by atoms with Crippen LogP contribution in [0.2, 0.25) is 0 Å². The van der Waals surface area contributed by atoms with Gasteiger partial charge in [-0.25, -0.2) is 24.9 Å². The molecule has 0 fully saturated rings. The van der Waals surface area contributed by atoms with Crippen LogP contribution in [-0.2, 0) is 0 Å². The highest BCUT2D eigenvalue weighted by Crippen LogP contribution is 2.20. The summed E-state index contributed by atoms with van der Waals surface area (Å²) < 4.78 is 0. The fourth-order valence-corrected chi connectivity index (χ4v) is 2.88. The van der Waals surface area contributed by atoms with Gasteiger partial charge in [0.2, 0.25) is 0 Å². The zero-order valence-corrected chi connectivity index (χ0v) is 14.7. The van der Waals surface area contributed by atoms with E-state index in [0.717, 1.165) is 10.8 Å². The van der Waals surface area contributed by atoms with E-state index in [1.807, 2.05) is 66.7 Å². The Labute approximate surface area is 160 Å². The lowest BCUT2D eigenvalue weighted by atomic mass is 10.3.